The van der Waals surface area contributed by atoms with E-state index in [4.69, 9.17) is 32.7 Å². The summed E-state index contributed by atoms with van der Waals surface area (Å²) in [6.07, 6.45) is 2.15. The molecule has 0 spiro atoms. The van der Waals surface area contributed by atoms with Gasteiger partial charge in [0.15, 0.2) is 24.1 Å². The van der Waals surface area contributed by atoms with E-state index in [-0.39, 0.29) is 41.0 Å². The van der Waals surface area contributed by atoms with Crippen molar-refractivity contribution in [3.8, 4) is 11.5 Å². The Morgan fingerprint density at radius 2 is 1.87 bits per heavy atom. The van der Waals surface area contributed by atoms with E-state index in [1.54, 1.807) is 32.1 Å². The highest BCUT2D eigenvalue weighted by Gasteiger charge is 2.34. The summed E-state index contributed by atoms with van der Waals surface area (Å²) in [6.45, 7) is 3.09. The third-order valence-electron chi connectivity index (χ3n) is 4.35. The molecule has 2 N–H and O–H groups in total. The van der Waals surface area contributed by atoms with Crippen molar-refractivity contribution < 1.29 is 23.5 Å². The minimum Gasteiger partial charge on any atom is -0.484 e. The molecule has 0 saturated carbocycles. The molecule has 1 atom stereocenters. The van der Waals surface area contributed by atoms with Crippen LogP contribution in [0.3, 0.4) is 0 Å². The van der Waals surface area contributed by atoms with Gasteiger partial charge in [-0.1, -0.05) is 23.2 Å². The molecule has 1 aromatic heterocycles. The second kappa shape index (κ2) is 9.53. The quantitative estimate of drug-likeness (QED) is 0.579. The van der Waals surface area contributed by atoms with Crippen LogP contribution in [0.1, 0.15) is 19.0 Å². The number of halogens is 3. The van der Waals surface area contributed by atoms with E-state index in [0.717, 1.165) is 11.8 Å². The Hall–Kier alpha value is -2.84. The van der Waals surface area contributed by atoms with Gasteiger partial charge in [0.25, 0.3) is 11.8 Å². The molecule has 2 aromatic rings. The number of pyridine rings is 1. The zero-order valence-corrected chi connectivity index (χ0v) is 18.3. The molecule has 0 fully saturated rings. The molecule has 2 amide bonds. The molecule has 0 saturated heterocycles. The van der Waals surface area contributed by atoms with Crippen LogP contribution in [0.5, 0.6) is 11.5 Å². The third kappa shape index (κ3) is 6.32. The van der Waals surface area contributed by atoms with Crippen molar-refractivity contribution in [2.24, 2.45) is 0 Å². The lowest BCUT2D eigenvalue weighted by atomic mass is 9.84. The first kappa shape index (κ1) is 22.8. The average molecular weight is 468 g/mol. The highest BCUT2D eigenvalue weighted by Crippen LogP contribution is 2.28. The first-order valence-corrected chi connectivity index (χ1v) is 10.1. The largest absolute Gasteiger partial charge is 0.484 e. The maximum absolute atomic E-state index is 13.4. The molecule has 3 rings (SSSR count). The van der Waals surface area contributed by atoms with Gasteiger partial charge in [-0.25, -0.2) is 9.37 Å². The zero-order chi connectivity index (χ0) is 22.6. The Kier molecular flexibility index (Phi) is 7.02. The Morgan fingerprint density at radius 3 is 2.55 bits per heavy atom. The van der Waals surface area contributed by atoms with Crippen molar-refractivity contribution in [3.05, 3.63) is 63.8 Å². The van der Waals surface area contributed by atoms with Gasteiger partial charge in [-0.15, -0.1) is 0 Å². The van der Waals surface area contributed by atoms with Crippen LogP contribution in [-0.2, 0) is 9.59 Å². The van der Waals surface area contributed by atoms with Gasteiger partial charge in [-0.05, 0) is 44.2 Å². The lowest BCUT2D eigenvalue weighted by molar-refractivity contribution is -0.124. The topological polar surface area (TPSA) is 89.6 Å². The number of carbonyl (C=O) groups excluding carboxylic acids is 2. The fraction of sp³-hybridized carbons (Fsp3) is 0.286. The first-order chi connectivity index (χ1) is 14.6. The Morgan fingerprint density at radius 1 is 1.16 bits per heavy atom. The van der Waals surface area contributed by atoms with E-state index in [9.17, 15) is 14.0 Å². The van der Waals surface area contributed by atoms with Crippen LogP contribution in [-0.4, -0.2) is 35.6 Å². The maximum atomic E-state index is 13.4. The van der Waals surface area contributed by atoms with Crippen molar-refractivity contribution in [2.75, 3.05) is 13.2 Å². The summed E-state index contributed by atoms with van der Waals surface area (Å²) >= 11 is 11.6. The SMILES string of the molecule is Cc1ccc(OCC(=O)NC2=CC(C)(NC(=O)COc3ccc(Cl)c(F)c3)C2)c(Cl)n1. The molecule has 164 valence electrons. The number of nitrogens with one attached hydrogen (secondary N) is 2. The van der Waals surface area contributed by atoms with Gasteiger partial charge in [0.05, 0.1) is 10.6 Å². The monoisotopic (exact) mass is 467 g/mol. The summed E-state index contributed by atoms with van der Waals surface area (Å²) in [5.41, 5.74) is 0.776. The molecule has 1 unspecified atom stereocenters. The second-order valence-corrected chi connectivity index (χ2v) is 8.02. The number of hydrogen-bond acceptors (Lipinski definition) is 5. The van der Waals surface area contributed by atoms with E-state index in [1.165, 1.54) is 12.1 Å². The predicted molar refractivity (Wildman–Crippen MR) is 114 cm³/mol. The predicted octanol–water partition coefficient (Wildman–Crippen LogP) is 3.57. The summed E-state index contributed by atoms with van der Waals surface area (Å²) in [5, 5.41) is 5.67. The molecule has 0 aliphatic heterocycles. The van der Waals surface area contributed by atoms with Gasteiger partial charge in [-0.3, -0.25) is 9.59 Å². The minimum absolute atomic E-state index is 0.0254. The molecule has 0 bridgehead atoms. The van der Waals surface area contributed by atoms with Crippen LogP contribution in [0.2, 0.25) is 10.2 Å². The number of rotatable bonds is 8. The van der Waals surface area contributed by atoms with Crippen molar-refractivity contribution in [1.29, 1.82) is 0 Å². The van der Waals surface area contributed by atoms with Crippen LogP contribution in [0.4, 0.5) is 4.39 Å². The van der Waals surface area contributed by atoms with Gasteiger partial charge in [0, 0.05) is 23.9 Å². The number of aromatic nitrogens is 1. The maximum Gasteiger partial charge on any atom is 0.262 e. The number of ether oxygens (including phenoxy) is 2. The fourth-order valence-electron chi connectivity index (χ4n) is 2.96. The zero-order valence-electron chi connectivity index (χ0n) is 16.8. The third-order valence-corrected chi connectivity index (χ3v) is 4.93. The Bertz CT molecular complexity index is 1050. The molecule has 1 aliphatic carbocycles. The number of carbonyl (C=O) groups is 2. The van der Waals surface area contributed by atoms with Crippen LogP contribution >= 0.6 is 23.2 Å². The van der Waals surface area contributed by atoms with Gasteiger partial charge < -0.3 is 20.1 Å². The number of nitrogens with zero attached hydrogens (tertiary/aromatic N) is 1. The molecular weight excluding hydrogens is 448 g/mol. The summed E-state index contributed by atoms with van der Waals surface area (Å²) in [5.74, 6) is -0.849. The van der Waals surface area contributed by atoms with Crippen LogP contribution in [0, 0.1) is 12.7 Å². The van der Waals surface area contributed by atoms with Crippen LogP contribution in [0.25, 0.3) is 0 Å². The van der Waals surface area contributed by atoms with E-state index >= 15 is 0 Å². The summed E-state index contributed by atoms with van der Waals surface area (Å²) in [7, 11) is 0. The molecule has 0 radical (unpaired) electrons. The van der Waals surface area contributed by atoms with E-state index in [0.29, 0.717) is 17.9 Å². The van der Waals surface area contributed by atoms with Crippen molar-refractivity contribution >= 4 is 35.0 Å². The number of benzene rings is 1. The van der Waals surface area contributed by atoms with Gasteiger partial charge in [0.1, 0.15) is 11.6 Å². The standard InChI is InChI=1S/C21H20Cl2FN3O4/c1-12-3-6-17(20(23)25-12)31-10-18(28)26-13-8-21(2,9-13)27-19(29)11-30-14-4-5-15(22)16(24)7-14/h3-8H,9-11H2,1-2H3,(H,26,28)(H,27,29). The van der Waals surface area contributed by atoms with E-state index < -0.39 is 11.4 Å². The first-order valence-electron chi connectivity index (χ1n) is 9.30. The van der Waals surface area contributed by atoms with Crippen molar-refractivity contribution in [2.45, 2.75) is 25.8 Å². The lowest BCUT2D eigenvalue weighted by Crippen LogP contribution is -2.53. The van der Waals surface area contributed by atoms with Gasteiger partial charge in [-0.2, -0.15) is 0 Å². The fourth-order valence-corrected chi connectivity index (χ4v) is 3.33. The number of aryl methyl sites for hydroxylation is 1. The number of amides is 2. The van der Waals surface area contributed by atoms with E-state index in [2.05, 4.69) is 15.6 Å². The minimum atomic E-state index is -0.626. The molecule has 1 aromatic carbocycles. The molecule has 7 nitrogen and oxygen atoms in total. The normalized spacial score (nSPS) is 17.3. The molecule has 10 heteroatoms. The van der Waals surface area contributed by atoms with Gasteiger partial charge in [0.2, 0.25) is 0 Å². The number of hydrogen-bond donors (Lipinski definition) is 2. The lowest BCUT2D eigenvalue weighted by Gasteiger charge is -2.37. The van der Waals surface area contributed by atoms with Crippen molar-refractivity contribution in [3.63, 3.8) is 0 Å². The Balaban J connectivity index is 1.42. The van der Waals surface area contributed by atoms with Crippen LogP contribution in [0.15, 0.2) is 42.1 Å². The molecule has 31 heavy (non-hydrogen) atoms. The summed E-state index contributed by atoms with van der Waals surface area (Å²) in [4.78, 5) is 28.2. The highest BCUT2D eigenvalue weighted by molar-refractivity contribution is 6.31. The molecule has 1 aliphatic rings. The average Bonchev–Trinajstić information content (AvgIpc) is 2.67. The Labute approximate surface area is 188 Å². The smallest absolute Gasteiger partial charge is 0.262 e. The van der Waals surface area contributed by atoms with E-state index in [1.807, 2.05) is 0 Å². The molecule has 1 heterocycles. The second-order valence-electron chi connectivity index (χ2n) is 7.26. The summed E-state index contributed by atoms with van der Waals surface area (Å²) in [6, 6.07) is 7.31. The van der Waals surface area contributed by atoms with Crippen LogP contribution < -0.4 is 20.1 Å². The van der Waals surface area contributed by atoms with Crippen molar-refractivity contribution in [1.82, 2.24) is 15.6 Å². The highest BCUT2D eigenvalue weighted by atomic mass is 35.5. The molecular formula is C21H20Cl2FN3O4. The summed E-state index contributed by atoms with van der Waals surface area (Å²) < 4.78 is 24.0. The van der Waals surface area contributed by atoms with Gasteiger partial charge >= 0.3 is 0 Å².